The molecule has 1 saturated carbocycles. The number of allylic oxidation sites excluding steroid dienone is 1. The standard InChI is InChI=1S/C25H29N3O3S/c1-16-12-23-25(24(15-29)32(30,31)28(23)3)21(17(16)2)11-10-20-9-8-19(14-27-20)22-7-5-4-6-18(22)13-26/h4-11,14,16-17,21,23-25,29H,12,15H2,1-3H3/b11-10+/t16?,17-,21+,23?,24-,25?/m1/s1. The molecule has 2 heterocycles. The summed E-state index contributed by atoms with van der Waals surface area (Å²) >= 11 is 0. The largest absolute Gasteiger partial charge is 0.395 e. The van der Waals surface area contributed by atoms with Crippen LogP contribution in [-0.2, 0) is 10.0 Å². The van der Waals surface area contributed by atoms with Crippen LogP contribution in [0.3, 0.4) is 0 Å². The van der Waals surface area contributed by atoms with Gasteiger partial charge in [-0.1, -0.05) is 44.2 Å². The molecule has 1 N–H and O–H groups in total. The summed E-state index contributed by atoms with van der Waals surface area (Å²) in [4.78, 5) is 4.55. The van der Waals surface area contributed by atoms with Gasteiger partial charge in [0.2, 0.25) is 10.0 Å². The highest BCUT2D eigenvalue weighted by atomic mass is 32.2. The second-order valence-corrected chi connectivity index (χ2v) is 11.3. The average Bonchev–Trinajstić information content (AvgIpc) is 2.99. The maximum Gasteiger partial charge on any atom is 0.219 e. The van der Waals surface area contributed by atoms with Gasteiger partial charge in [0, 0.05) is 36.3 Å². The molecule has 2 aliphatic rings. The van der Waals surface area contributed by atoms with E-state index in [0.29, 0.717) is 17.4 Å². The number of aromatic nitrogens is 1. The van der Waals surface area contributed by atoms with Crippen LogP contribution in [0, 0.1) is 35.0 Å². The van der Waals surface area contributed by atoms with Crippen LogP contribution in [0.25, 0.3) is 17.2 Å². The van der Waals surface area contributed by atoms with E-state index < -0.39 is 15.3 Å². The van der Waals surface area contributed by atoms with Crippen LogP contribution < -0.4 is 0 Å². The van der Waals surface area contributed by atoms with Gasteiger partial charge in [0.05, 0.1) is 23.9 Å². The van der Waals surface area contributed by atoms with Crippen molar-refractivity contribution in [2.24, 2.45) is 23.7 Å². The number of hydrogen-bond donors (Lipinski definition) is 1. The third-order valence-electron chi connectivity index (χ3n) is 7.50. The fourth-order valence-corrected chi connectivity index (χ4v) is 7.43. The number of nitrogens with zero attached hydrogens (tertiary/aromatic N) is 3. The Hall–Kier alpha value is -2.53. The van der Waals surface area contributed by atoms with Gasteiger partial charge in [-0.15, -0.1) is 0 Å². The zero-order valence-corrected chi connectivity index (χ0v) is 19.4. The summed E-state index contributed by atoms with van der Waals surface area (Å²) in [7, 11) is -1.85. The minimum absolute atomic E-state index is 0.0291. The molecule has 32 heavy (non-hydrogen) atoms. The summed E-state index contributed by atoms with van der Waals surface area (Å²) in [6.45, 7) is 3.99. The van der Waals surface area contributed by atoms with Crippen molar-refractivity contribution in [1.29, 1.82) is 5.26 Å². The zero-order valence-electron chi connectivity index (χ0n) is 18.6. The Morgan fingerprint density at radius 3 is 2.66 bits per heavy atom. The quantitative estimate of drug-likeness (QED) is 0.767. The molecule has 1 aliphatic heterocycles. The van der Waals surface area contributed by atoms with Crippen LogP contribution in [0.4, 0.5) is 0 Å². The smallest absolute Gasteiger partial charge is 0.219 e. The second kappa shape index (κ2) is 8.78. The molecule has 3 unspecified atom stereocenters. The third-order valence-corrected chi connectivity index (χ3v) is 9.80. The third kappa shape index (κ3) is 3.77. The minimum atomic E-state index is -3.50. The van der Waals surface area contributed by atoms with Gasteiger partial charge >= 0.3 is 0 Å². The maximum atomic E-state index is 12.9. The molecule has 6 nitrogen and oxygen atoms in total. The van der Waals surface area contributed by atoms with Crippen LogP contribution in [0.2, 0.25) is 0 Å². The van der Waals surface area contributed by atoms with E-state index in [0.717, 1.165) is 23.2 Å². The molecule has 168 valence electrons. The van der Waals surface area contributed by atoms with Gasteiger partial charge in [0.1, 0.15) is 5.25 Å². The van der Waals surface area contributed by atoms with Gasteiger partial charge in [-0.2, -0.15) is 5.26 Å². The van der Waals surface area contributed by atoms with E-state index in [1.165, 1.54) is 4.31 Å². The van der Waals surface area contributed by atoms with E-state index in [2.05, 4.69) is 31.0 Å². The highest BCUT2D eigenvalue weighted by Gasteiger charge is 2.56. The van der Waals surface area contributed by atoms with E-state index >= 15 is 0 Å². The Balaban J connectivity index is 1.62. The minimum Gasteiger partial charge on any atom is -0.395 e. The normalized spacial score (nSPS) is 32.0. The van der Waals surface area contributed by atoms with Crippen molar-refractivity contribution in [1.82, 2.24) is 9.29 Å². The number of aliphatic hydroxyl groups excluding tert-OH is 1. The first-order valence-electron chi connectivity index (χ1n) is 11.0. The van der Waals surface area contributed by atoms with Gasteiger partial charge in [0.25, 0.3) is 0 Å². The summed E-state index contributed by atoms with van der Waals surface area (Å²) < 4.78 is 27.2. The van der Waals surface area contributed by atoms with Gasteiger partial charge in [-0.25, -0.2) is 12.7 Å². The summed E-state index contributed by atoms with van der Waals surface area (Å²) in [5.41, 5.74) is 3.11. The first-order valence-corrected chi connectivity index (χ1v) is 12.5. The molecule has 0 radical (unpaired) electrons. The Bertz CT molecular complexity index is 1150. The van der Waals surface area contributed by atoms with Crippen LogP contribution in [0.1, 0.15) is 31.5 Å². The fourth-order valence-electron chi connectivity index (χ4n) is 5.45. The lowest BCUT2D eigenvalue weighted by atomic mass is 9.64. The van der Waals surface area contributed by atoms with Crippen LogP contribution >= 0.6 is 0 Å². The van der Waals surface area contributed by atoms with Gasteiger partial charge in [-0.3, -0.25) is 4.98 Å². The zero-order chi connectivity index (χ0) is 23.0. The highest BCUT2D eigenvalue weighted by molar-refractivity contribution is 7.90. The molecule has 2 aromatic rings. The van der Waals surface area contributed by atoms with Crippen LogP contribution in [-0.4, -0.2) is 47.8 Å². The molecule has 1 aliphatic carbocycles. The molecule has 0 spiro atoms. The molecule has 0 amide bonds. The van der Waals surface area contributed by atoms with Gasteiger partial charge in [0.15, 0.2) is 0 Å². The predicted molar refractivity (Wildman–Crippen MR) is 125 cm³/mol. The molecule has 7 heteroatoms. The summed E-state index contributed by atoms with van der Waals surface area (Å²) in [5.74, 6) is 0.560. The first-order chi connectivity index (χ1) is 15.3. The SMILES string of the molecule is CC1CC2C([C@@H](/C=C/c3ccc(-c4ccccc4C#N)cn3)[C@@H]1C)[C@@H](CO)S(=O)(=O)N2C. The molecule has 1 aromatic carbocycles. The van der Waals surface area contributed by atoms with Gasteiger partial charge in [-0.05, 0) is 42.4 Å². The number of rotatable bonds is 4. The second-order valence-electron chi connectivity index (χ2n) is 9.06. The van der Waals surface area contributed by atoms with Crippen molar-refractivity contribution in [2.75, 3.05) is 13.7 Å². The van der Waals surface area contributed by atoms with E-state index in [1.54, 1.807) is 19.3 Å². The number of pyridine rings is 1. The number of aliphatic hydroxyl groups is 1. The van der Waals surface area contributed by atoms with Crippen LogP contribution in [0.15, 0.2) is 48.7 Å². The van der Waals surface area contributed by atoms with Crippen molar-refractivity contribution in [2.45, 2.75) is 31.6 Å². The lowest BCUT2D eigenvalue weighted by Gasteiger charge is -2.42. The summed E-state index contributed by atoms with van der Waals surface area (Å²) in [6, 6.07) is 13.4. The van der Waals surface area contributed by atoms with Crippen molar-refractivity contribution >= 4 is 16.1 Å². The molecule has 0 bridgehead atoms. The number of fused-ring (bicyclic) bond motifs is 1. The van der Waals surface area contributed by atoms with E-state index in [1.807, 2.05) is 36.4 Å². The number of hydrogen-bond acceptors (Lipinski definition) is 5. The van der Waals surface area contributed by atoms with Crippen molar-refractivity contribution in [3.63, 3.8) is 0 Å². The average molecular weight is 452 g/mol. The molecular formula is C25H29N3O3S. The maximum absolute atomic E-state index is 12.9. The summed E-state index contributed by atoms with van der Waals surface area (Å²) in [6.07, 6.45) is 6.61. The Labute approximate surface area is 190 Å². The Morgan fingerprint density at radius 1 is 1.25 bits per heavy atom. The topological polar surface area (TPSA) is 94.3 Å². The van der Waals surface area contributed by atoms with E-state index in [-0.39, 0.29) is 24.5 Å². The van der Waals surface area contributed by atoms with Gasteiger partial charge < -0.3 is 5.11 Å². The number of benzene rings is 1. The van der Waals surface area contributed by atoms with Crippen molar-refractivity contribution in [3.05, 3.63) is 59.9 Å². The molecule has 6 atom stereocenters. The van der Waals surface area contributed by atoms with E-state index in [4.69, 9.17) is 0 Å². The predicted octanol–water partition coefficient (Wildman–Crippen LogP) is 3.55. The Kier molecular flexibility index (Phi) is 6.22. The number of nitriles is 1. The molecular weight excluding hydrogens is 422 g/mol. The molecule has 1 aromatic heterocycles. The molecule has 1 saturated heterocycles. The summed E-state index contributed by atoms with van der Waals surface area (Å²) in [5, 5.41) is 18.5. The van der Waals surface area contributed by atoms with Crippen molar-refractivity contribution < 1.29 is 13.5 Å². The fraction of sp³-hybridized carbons (Fsp3) is 0.440. The first kappa shape index (κ1) is 22.7. The lowest BCUT2D eigenvalue weighted by Crippen LogP contribution is -2.45. The van der Waals surface area contributed by atoms with E-state index in [9.17, 15) is 18.8 Å². The highest BCUT2D eigenvalue weighted by Crippen LogP contribution is 2.49. The Morgan fingerprint density at radius 2 is 2.00 bits per heavy atom. The lowest BCUT2D eigenvalue weighted by molar-refractivity contribution is 0.0819. The number of sulfonamides is 1. The van der Waals surface area contributed by atoms with Crippen LogP contribution in [0.5, 0.6) is 0 Å². The molecule has 2 fully saturated rings. The van der Waals surface area contributed by atoms with Crippen molar-refractivity contribution in [3.8, 4) is 17.2 Å². The monoisotopic (exact) mass is 451 g/mol. The molecule has 4 rings (SSSR count).